The number of nitrogens with one attached hydrogen (secondary N) is 1. The first-order valence-corrected chi connectivity index (χ1v) is 7.51. The molecule has 0 aliphatic carbocycles. The predicted octanol–water partition coefficient (Wildman–Crippen LogP) is 3.95. The Morgan fingerprint density at radius 2 is 2.05 bits per heavy atom. The lowest BCUT2D eigenvalue weighted by Crippen LogP contribution is -2.11. The molecule has 0 radical (unpaired) electrons. The minimum absolute atomic E-state index is 0.130. The average Bonchev–Trinajstić information content (AvgIpc) is 2.97. The lowest BCUT2D eigenvalue weighted by atomic mass is 10.2. The van der Waals surface area contributed by atoms with Gasteiger partial charge in [-0.05, 0) is 49.4 Å². The Morgan fingerprint density at radius 1 is 1.24 bits per heavy atom. The van der Waals surface area contributed by atoms with Crippen molar-refractivity contribution in [1.29, 1.82) is 0 Å². The lowest BCUT2D eigenvalue weighted by molar-refractivity contribution is 0.102. The summed E-state index contributed by atoms with van der Waals surface area (Å²) in [5, 5.41) is 2.87. The number of fused-ring (bicyclic) bond motifs is 1. The summed E-state index contributed by atoms with van der Waals surface area (Å²) in [4.78, 5) is 16.4. The van der Waals surface area contributed by atoms with Gasteiger partial charge in [-0.25, -0.2) is 4.98 Å². The number of hydrogen-bond donors (Lipinski definition) is 1. The molecule has 0 saturated carbocycles. The lowest BCUT2D eigenvalue weighted by Gasteiger charge is -2.07. The van der Waals surface area contributed by atoms with Crippen LogP contribution < -0.4 is 10.1 Å². The first kappa shape index (κ1) is 13.6. The number of nitrogens with zero attached hydrogens (tertiary/aromatic N) is 1. The molecule has 4 nitrogen and oxygen atoms in total. The molecule has 0 aliphatic heterocycles. The van der Waals surface area contributed by atoms with E-state index in [0.717, 1.165) is 21.7 Å². The highest BCUT2D eigenvalue weighted by molar-refractivity contribution is 7.16. The molecule has 0 spiro atoms. The number of anilines is 1. The third-order valence-electron chi connectivity index (χ3n) is 3.02. The van der Waals surface area contributed by atoms with Gasteiger partial charge >= 0.3 is 0 Å². The maximum atomic E-state index is 12.2. The van der Waals surface area contributed by atoms with E-state index in [-0.39, 0.29) is 5.91 Å². The van der Waals surface area contributed by atoms with Crippen LogP contribution in [0, 0.1) is 0 Å². The first-order chi connectivity index (χ1) is 10.3. The maximum absolute atomic E-state index is 12.2. The molecular formula is C16H14N2O2S. The van der Waals surface area contributed by atoms with Crippen LogP contribution in [0.15, 0.2) is 48.0 Å². The fourth-order valence-corrected chi connectivity index (χ4v) is 2.72. The summed E-state index contributed by atoms with van der Waals surface area (Å²) in [5.74, 6) is 0.663. The second-order valence-corrected chi connectivity index (χ2v) is 5.33. The molecule has 106 valence electrons. The molecule has 3 aromatic rings. The van der Waals surface area contributed by atoms with Crippen LogP contribution in [-0.2, 0) is 0 Å². The van der Waals surface area contributed by atoms with Crippen LogP contribution in [0.2, 0.25) is 0 Å². The molecule has 1 amide bonds. The van der Waals surface area contributed by atoms with Gasteiger partial charge in [-0.1, -0.05) is 0 Å². The van der Waals surface area contributed by atoms with Crippen molar-refractivity contribution in [1.82, 2.24) is 4.98 Å². The number of carbonyl (C=O) groups is 1. The molecule has 0 bridgehead atoms. The van der Waals surface area contributed by atoms with Crippen molar-refractivity contribution in [3.05, 3.63) is 53.5 Å². The summed E-state index contributed by atoms with van der Waals surface area (Å²) >= 11 is 1.52. The number of ether oxygens (including phenoxy) is 1. The van der Waals surface area contributed by atoms with Gasteiger partial charge in [0.25, 0.3) is 5.91 Å². The summed E-state index contributed by atoms with van der Waals surface area (Å²) in [6, 6.07) is 12.8. The molecule has 5 heteroatoms. The quantitative estimate of drug-likeness (QED) is 0.793. The second-order valence-electron chi connectivity index (χ2n) is 4.45. The van der Waals surface area contributed by atoms with E-state index >= 15 is 0 Å². The van der Waals surface area contributed by atoms with Crippen molar-refractivity contribution >= 4 is 33.1 Å². The van der Waals surface area contributed by atoms with Gasteiger partial charge in [0.05, 0.1) is 22.3 Å². The molecule has 0 atom stereocenters. The number of thiazole rings is 1. The molecule has 2 aromatic carbocycles. The highest BCUT2D eigenvalue weighted by Gasteiger charge is 2.08. The number of rotatable bonds is 4. The van der Waals surface area contributed by atoms with Crippen molar-refractivity contribution in [3.63, 3.8) is 0 Å². The minimum Gasteiger partial charge on any atom is -0.494 e. The minimum atomic E-state index is -0.130. The van der Waals surface area contributed by atoms with E-state index in [2.05, 4.69) is 10.3 Å². The fraction of sp³-hybridized carbons (Fsp3) is 0.125. The highest BCUT2D eigenvalue weighted by Crippen LogP contribution is 2.20. The van der Waals surface area contributed by atoms with Crippen LogP contribution in [0.3, 0.4) is 0 Å². The van der Waals surface area contributed by atoms with E-state index in [4.69, 9.17) is 4.74 Å². The van der Waals surface area contributed by atoms with E-state index in [1.54, 1.807) is 11.6 Å². The third kappa shape index (κ3) is 3.03. The largest absolute Gasteiger partial charge is 0.494 e. The number of amides is 1. The van der Waals surface area contributed by atoms with E-state index in [1.165, 1.54) is 11.3 Å². The molecule has 1 N–H and O–H groups in total. The molecule has 21 heavy (non-hydrogen) atoms. The van der Waals surface area contributed by atoms with Crippen molar-refractivity contribution in [3.8, 4) is 5.75 Å². The predicted molar refractivity (Wildman–Crippen MR) is 85.2 cm³/mol. The van der Waals surface area contributed by atoms with Crippen LogP contribution in [0.25, 0.3) is 10.2 Å². The second kappa shape index (κ2) is 5.93. The molecule has 1 heterocycles. The zero-order chi connectivity index (χ0) is 14.7. The highest BCUT2D eigenvalue weighted by atomic mass is 32.1. The van der Waals surface area contributed by atoms with Crippen molar-refractivity contribution in [2.24, 2.45) is 0 Å². The van der Waals surface area contributed by atoms with Gasteiger partial charge in [0, 0.05) is 11.3 Å². The molecule has 1 aromatic heterocycles. The van der Waals surface area contributed by atoms with Crippen LogP contribution in [0.1, 0.15) is 17.3 Å². The Kier molecular flexibility index (Phi) is 3.83. The third-order valence-corrected chi connectivity index (χ3v) is 3.81. The summed E-state index contributed by atoms with van der Waals surface area (Å²) in [7, 11) is 0. The van der Waals surface area contributed by atoms with Crippen molar-refractivity contribution in [2.75, 3.05) is 11.9 Å². The summed E-state index contributed by atoms with van der Waals surface area (Å²) in [5.41, 5.74) is 4.06. The van der Waals surface area contributed by atoms with Gasteiger partial charge < -0.3 is 10.1 Å². The molecule has 0 unspecified atom stereocenters. The Labute approximate surface area is 126 Å². The van der Waals surface area contributed by atoms with E-state index in [0.29, 0.717) is 12.2 Å². The van der Waals surface area contributed by atoms with Gasteiger partial charge in [0.2, 0.25) is 0 Å². The Bertz CT molecular complexity index is 765. The summed E-state index contributed by atoms with van der Waals surface area (Å²) in [6.45, 7) is 2.56. The van der Waals surface area contributed by atoms with Gasteiger partial charge in [0.15, 0.2) is 0 Å². The maximum Gasteiger partial charge on any atom is 0.255 e. The first-order valence-electron chi connectivity index (χ1n) is 6.64. The number of carbonyl (C=O) groups excluding carboxylic acids is 1. The molecular weight excluding hydrogens is 284 g/mol. The van der Waals surface area contributed by atoms with E-state index < -0.39 is 0 Å². The number of aromatic nitrogens is 1. The SMILES string of the molecule is CCOc1ccc(NC(=O)c2ccc3ncsc3c2)cc1. The fourth-order valence-electron chi connectivity index (χ4n) is 2.00. The molecule has 0 aliphatic rings. The molecule has 0 fully saturated rings. The van der Waals surface area contributed by atoms with Crippen molar-refractivity contribution in [2.45, 2.75) is 6.92 Å². The van der Waals surface area contributed by atoms with Gasteiger partial charge in [0.1, 0.15) is 5.75 Å². The number of hydrogen-bond acceptors (Lipinski definition) is 4. The number of benzene rings is 2. The monoisotopic (exact) mass is 298 g/mol. The standard InChI is InChI=1S/C16H14N2O2S/c1-2-20-13-6-4-12(5-7-13)18-16(19)11-3-8-14-15(9-11)21-10-17-14/h3-10H,2H2,1H3,(H,18,19). The van der Waals surface area contributed by atoms with Crippen molar-refractivity contribution < 1.29 is 9.53 Å². The van der Waals surface area contributed by atoms with E-state index in [9.17, 15) is 4.79 Å². The zero-order valence-electron chi connectivity index (χ0n) is 11.5. The van der Waals surface area contributed by atoms with Gasteiger partial charge in [-0.2, -0.15) is 0 Å². The zero-order valence-corrected chi connectivity index (χ0v) is 12.3. The Balaban J connectivity index is 1.75. The summed E-state index contributed by atoms with van der Waals surface area (Å²) in [6.07, 6.45) is 0. The Morgan fingerprint density at radius 3 is 2.81 bits per heavy atom. The van der Waals surface area contributed by atoms with Crippen LogP contribution in [-0.4, -0.2) is 17.5 Å². The topological polar surface area (TPSA) is 51.2 Å². The normalized spacial score (nSPS) is 10.5. The Hall–Kier alpha value is -2.40. The average molecular weight is 298 g/mol. The van der Waals surface area contributed by atoms with Crippen LogP contribution in [0.4, 0.5) is 5.69 Å². The van der Waals surface area contributed by atoms with E-state index in [1.807, 2.05) is 43.3 Å². The molecule has 0 saturated heterocycles. The molecule has 3 rings (SSSR count). The smallest absolute Gasteiger partial charge is 0.255 e. The van der Waals surface area contributed by atoms with Crippen LogP contribution in [0.5, 0.6) is 5.75 Å². The van der Waals surface area contributed by atoms with Crippen LogP contribution >= 0.6 is 11.3 Å². The van der Waals surface area contributed by atoms with Gasteiger partial charge in [-0.15, -0.1) is 11.3 Å². The van der Waals surface area contributed by atoms with Gasteiger partial charge in [-0.3, -0.25) is 4.79 Å². The summed E-state index contributed by atoms with van der Waals surface area (Å²) < 4.78 is 6.38.